The molecule has 0 bridgehead atoms. The van der Waals surface area contributed by atoms with E-state index < -0.39 is 0 Å². The molecule has 1 amide bonds. The number of aromatic nitrogens is 1. The van der Waals surface area contributed by atoms with Crippen LogP contribution in [0, 0.1) is 0 Å². The zero-order chi connectivity index (χ0) is 12.3. The molecule has 2 heterocycles. The summed E-state index contributed by atoms with van der Waals surface area (Å²) in [5, 5.41) is 3.68. The number of piperidine rings is 1. The second kappa shape index (κ2) is 5.07. The highest BCUT2D eigenvalue weighted by Crippen LogP contribution is 2.31. The molecular formula is C11H17N3O3. The van der Waals surface area contributed by atoms with E-state index in [9.17, 15) is 4.79 Å². The van der Waals surface area contributed by atoms with Gasteiger partial charge >= 0.3 is 6.09 Å². The number of carbonyl (C=O) groups is 1. The third-order valence-corrected chi connectivity index (χ3v) is 3.02. The Bertz CT molecular complexity index is 383. The molecule has 1 saturated heterocycles. The maximum Gasteiger partial charge on any atom is 0.409 e. The molecule has 6 heteroatoms. The lowest BCUT2D eigenvalue weighted by Crippen LogP contribution is -2.38. The molecule has 0 aromatic carbocycles. The number of nitrogens with zero attached hydrogens (tertiary/aromatic N) is 2. The number of hydrogen-bond acceptors (Lipinski definition) is 5. The smallest absolute Gasteiger partial charge is 0.409 e. The van der Waals surface area contributed by atoms with Crippen molar-refractivity contribution in [3.8, 4) is 0 Å². The third-order valence-electron chi connectivity index (χ3n) is 3.02. The molecule has 1 aliphatic rings. The molecule has 0 atom stereocenters. The molecule has 6 nitrogen and oxygen atoms in total. The van der Waals surface area contributed by atoms with E-state index in [0.29, 0.717) is 25.4 Å². The van der Waals surface area contributed by atoms with Gasteiger partial charge in [0.1, 0.15) is 0 Å². The summed E-state index contributed by atoms with van der Waals surface area (Å²) in [6.07, 6.45) is 2.94. The second-order valence-corrected chi connectivity index (χ2v) is 4.11. The van der Waals surface area contributed by atoms with Crippen LogP contribution in [0.25, 0.3) is 0 Å². The van der Waals surface area contributed by atoms with Crippen LogP contribution in [0.3, 0.4) is 0 Å². The van der Waals surface area contributed by atoms with Gasteiger partial charge in [0.15, 0.2) is 5.76 Å². The highest BCUT2D eigenvalue weighted by Gasteiger charge is 2.27. The molecule has 0 radical (unpaired) electrons. The van der Waals surface area contributed by atoms with Crippen molar-refractivity contribution in [1.29, 1.82) is 0 Å². The van der Waals surface area contributed by atoms with Gasteiger partial charge in [-0.15, -0.1) is 0 Å². The molecule has 0 aliphatic carbocycles. The molecule has 2 rings (SSSR count). The number of rotatable bonds is 2. The summed E-state index contributed by atoms with van der Waals surface area (Å²) in [5.41, 5.74) is 6.35. The van der Waals surface area contributed by atoms with Crippen molar-refractivity contribution in [2.75, 3.05) is 25.4 Å². The molecule has 1 aromatic heterocycles. The summed E-state index contributed by atoms with van der Waals surface area (Å²) in [4.78, 5) is 13.2. The summed E-state index contributed by atoms with van der Waals surface area (Å²) in [7, 11) is 0. The van der Waals surface area contributed by atoms with E-state index in [1.54, 1.807) is 11.8 Å². The molecule has 2 N–H and O–H groups in total. The molecule has 1 aliphatic heterocycles. The standard InChI is InChI=1S/C11H17N3O3/c1-2-16-11(15)14-5-3-8(4-6-14)10-9(12)7-13-17-10/h7-8H,2-6,12H2,1H3. The van der Waals surface area contributed by atoms with Gasteiger partial charge in [0.25, 0.3) is 0 Å². The Kier molecular flexibility index (Phi) is 3.51. The SMILES string of the molecule is CCOC(=O)N1CCC(c2oncc2N)CC1. The van der Waals surface area contributed by atoms with Gasteiger partial charge in [-0.1, -0.05) is 5.16 Å². The van der Waals surface area contributed by atoms with Gasteiger partial charge in [0.05, 0.1) is 18.5 Å². The van der Waals surface area contributed by atoms with Gasteiger partial charge < -0.3 is 19.9 Å². The summed E-state index contributed by atoms with van der Waals surface area (Å²) in [6.45, 7) is 3.56. The van der Waals surface area contributed by atoms with Crippen LogP contribution < -0.4 is 5.73 Å². The molecule has 17 heavy (non-hydrogen) atoms. The van der Waals surface area contributed by atoms with E-state index >= 15 is 0 Å². The van der Waals surface area contributed by atoms with E-state index in [1.165, 1.54) is 6.20 Å². The van der Waals surface area contributed by atoms with Crippen LogP contribution in [-0.2, 0) is 4.74 Å². The van der Waals surface area contributed by atoms with Gasteiger partial charge in [-0.05, 0) is 19.8 Å². The van der Waals surface area contributed by atoms with Crippen molar-refractivity contribution in [3.63, 3.8) is 0 Å². The fourth-order valence-electron chi connectivity index (χ4n) is 2.11. The molecule has 0 spiro atoms. The van der Waals surface area contributed by atoms with Crippen molar-refractivity contribution >= 4 is 11.8 Å². The van der Waals surface area contributed by atoms with E-state index in [1.807, 2.05) is 0 Å². The van der Waals surface area contributed by atoms with Gasteiger partial charge in [-0.25, -0.2) is 4.79 Å². The van der Waals surface area contributed by atoms with Crippen LogP contribution in [0.2, 0.25) is 0 Å². The Labute approximate surface area is 99.7 Å². The maximum atomic E-state index is 11.5. The minimum atomic E-state index is -0.239. The number of ether oxygens (including phenoxy) is 1. The second-order valence-electron chi connectivity index (χ2n) is 4.11. The Hall–Kier alpha value is -1.72. The molecular weight excluding hydrogens is 222 g/mol. The quantitative estimate of drug-likeness (QED) is 0.847. The van der Waals surface area contributed by atoms with Crippen LogP contribution in [0.1, 0.15) is 31.4 Å². The number of hydrogen-bond donors (Lipinski definition) is 1. The zero-order valence-electron chi connectivity index (χ0n) is 9.89. The van der Waals surface area contributed by atoms with Crippen LogP contribution >= 0.6 is 0 Å². The number of anilines is 1. The fourth-order valence-corrected chi connectivity index (χ4v) is 2.11. The lowest BCUT2D eigenvalue weighted by Gasteiger charge is -2.30. The number of carbonyl (C=O) groups excluding carboxylic acids is 1. The first-order chi connectivity index (χ1) is 8.22. The average molecular weight is 239 g/mol. The fraction of sp³-hybridized carbons (Fsp3) is 0.636. The summed E-state index contributed by atoms with van der Waals surface area (Å²) >= 11 is 0. The van der Waals surface area contributed by atoms with Gasteiger partial charge in [0, 0.05) is 19.0 Å². The summed E-state index contributed by atoms with van der Waals surface area (Å²) < 4.78 is 10.1. The third kappa shape index (κ3) is 2.51. The van der Waals surface area contributed by atoms with Crippen LogP contribution in [0.5, 0.6) is 0 Å². The Morgan fingerprint density at radius 2 is 2.35 bits per heavy atom. The Morgan fingerprint density at radius 1 is 1.65 bits per heavy atom. The Morgan fingerprint density at radius 3 is 2.88 bits per heavy atom. The Balaban J connectivity index is 1.90. The summed E-state index contributed by atoms with van der Waals surface area (Å²) in [6, 6.07) is 0. The first-order valence-electron chi connectivity index (χ1n) is 5.84. The van der Waals surface area contributed by atoms with Crippen molar-refractivity contribution in [3.05, 3.63) is 12.0 Å². The lowest BCUT2D eigenvalue weighted by atomic mass is 9.94. The van der Waals surface area contributed by atoms with E-state index in [-0.39, 0.29) is 12.0 Å². The number of nitrogens with two attached hydrogens (primary N) is 1. The van der Waals surface area contributed by atoms with Gasteiger partial charge in [0.2, 0.25) is 0 Å². The molecule has 0 unspecified atom stereocenters. The monoisotopic (exact) mass is 239 g/mol. The first kappa shape index (κ1) is 11.8. The predicted molar refractivity (Wildman–Crippen MR) is 61.5 cm³/mol. The number of amides is 1. The van der Waals surface area contributed by atoms with E-state index in [0.717, 1.165) is 18.6 Å². The maximum absolute atomic E-state index is 11.5. The van der Waals surface area contributed by atoms with Crippen molar-refractivity contribution in [2.45, 2.75) is 25.7 Å². The topological polar surface area (TPSA) is 81.6 Å². The number of nitrogen functional groups attached to an aromatic ring is 1. The first-order valence-corrected chi connectivity index (χ1v) is 5.84. The minimum absolute atomic E-state index is 0.239. The zero-order valence-corrected chi connectivity index (χ0v) is 9.89. The highest BCUT2D eigenvalue weighted by atomic mass is 16.6. The van der Waals surface area contributed by atoms with E-state index in [4.69, 9.17) is 15.0 Å². The molecule has 94 valence electrons. The predicted octanol–water partition coefficient (Wildman–Crippen LogP) is 1.59. The van der Waals surface area contributed by atoms with Crippen molar-refractivity contribution in [2.24, 2.45) is 0 Å². The summed E-state index contributed by atoms with van der Waals surface area (Å²) in [5.74, 6) is 0.997. The van der Waals surface area contributed by atoms with Gasteiger partial charge in [-0.2, -0.15) is 0 Å². The van der Waals surface area contributed by atoms with Crippen LogP contribution in [0.15, 0.2) is 10.7 Å². The van der Waals surface area contributed by atoms with E-state index in [2.05, 4.69) is 5.16 Å². The number of likely N-dealkylation sites (tertiary alicyclic amines) is 1. The van der Waals surface area contributed by atoms with Crippen molar-refractivity contribution < 1.29 is 14.1 Å². The lowest BCUT2D eigenvalue weighted by molar-refractivity contribution is 0.0954. The normalized spacial score (nSPS) is 17.1. The van der Waals surface area contributed by atoms with Gasteiger partial charge in [-0.3, -0.25) is 0 Å². The van der Waals surface area contributed by atoms with Crippen LogP contribution in [-0.4, -0.2) is 35.8 Å². The molecule has 1 aromatic rings. The van der Waals surface area contributed by atoms with Crippen molar-refractivity contribution in [1.82, 2.24) is 10.1 Å². The largest absolute Gasteiger partial charge is 0.450 e. The molecule has 1 fully saturated rings. The molecule has 0 saturated carbocycles. The van der Waals surface area contributed by atoms with Crippen LogP contribution in [0.4, 0.5) is 10.5 Å². The average Bonchev–Trinajstić information content (AvgIpc) is 2.76. The minimum Gasteiger partial charge on any atom is -0.450 e. The highest BCUT2D eigenvalue weighted by molar-refractivity contribution is 5.67.